The lowest BCUT2D eigenvalue weighted by atomic mass is 10.1. The van der Waals surface area contributed by atoms with Crippen LogP contribution >= 0.6 is 0 Å². The lowest BCUT2D eigenvalue weighted by molar-refractivity contribution is -0.0817. The van der Waals surface area contributed by atoms with Crippen molar-refractivity contribution in [2.24, 2.45) is 4.99 Å². The summed E-state index contributed by atoms with van der Waals surface area (Å²) >= 11 is 0. The molecule has 4 rings (SSSR count). The zero-order valence-electron chi connectivity index (χ0n) is 20.0. The van der Waals surface area contributed by atoms with Crippen molar-refractivity contribution >= 4 is 5.96 Å². The molecule has 1 aromatic carbocycles. The van der Waals surface area contributed by atoms with Crippen LogP contribution in [0.1, 0.15) is 37.8 Å². The Hall–Kier alpha value is -1.67. The summed E-state index contributed by atoms with van der Waals surface area (Å²) < 4.78 is 11.9. The van der Waals surface area contributed by atoms with E-state index in [1.165, 1.54) is 24.2 Å². The molecule has 3 heterocycles. The number of piperazine rings is 1. The number of likely N-dealkylation sites (N-methyl/N-ethyl adjacent to an activating group) is 1. The topological polar surface area (TPSA) is 52.6 Å². The van der Waals surface area contributed by atoms with E-state index in [2.05, 4.69) is 58.1 Å². The Bertz CT molecular complexity index is 729. The number of benzene rings is 1. The van der Waals surface area contributed by atoms with Crippen LogP contribution in [0.3, 0.4) is 0 Å². The average Bonchev–Trinajstić information content (AvgIpc) is 3.38. The molecule has 0 aliphatic carbocycles. The predicted octanol–water partition coefficient (Wildman–Crippen LogP) is 2.17. The van der Waals surface area contributed by atoms with E-state index in [1.807, 2.05) is 0 Å². The van der Waals surface area contributed by atoms with Crippen LogP contribution < -0.4 is 5.32 Å². The highest BCUT2D eigenvalue weighted by atomic mass is 16.5. The second-order valence-electron chi connectivity index (χ2n) is 9.06. The number of morpholine rings is 1. The summed E-state index contributed by atoms with van der Waals surface area (Å²) in [5.74, 6) is 0.991. The molecular formula is C25H41N5O2. The van der Waals surface area contributed by atoms with Crippen molar-refractivity contribution in [1.29, 1.82) is 0 Å². The molecule has 2 atom stereocenters. The van der Waals surface area contributed by atoms with Crippen molar-refractivity contribution in [2.75, 3.05) is 65.6 Å². The number of rotatable bonds is 7. The summed E-state index contributed by atoms with van der Waals surface area (Å²) in [7, 11) is 0. The van der Waals surface area contributed by atoms with Gasteiger partial charge in [-0.2, -0.15) is 0 Å². The van der Waals surface area contributed by atoms with E-state index in [4.69, 9.17) is 14.5 Å². The first kappa shape index (κ1) is 23.5. The van der Waals surface area contributed by atoms with Crippen LogP contribution in [-0.2, 0) is 22.6 Å². The van der Waals surface area contributed by atoms with Crippen molar-refractivity contribution < 1.29 is 9.47 Å². The quantitative estimate of drug-likeness (QED) is 0.515. The van der Waals surface area contributed by atoms with Crippen molar-refractivity contribution in [2.45, 2.75) is 52.0 Å². The summed E-state index contributed by atoms with van der Waals surface area (Å²) in [4.78, 5) is 12.5. The van der Waals surface area contributed by atoms with Gasteiger partial charge in [-0.05, 0) is 37.4 Å². The predicted molar refractivity (Wildman–Crippen MR) is 129 cm³/mol. The summed E-state index contributed by atoms with van der Waals surface area (Å²) in [6.07, 6.45) is 2.62. The molecule has 1 aromatic rings. The molecule has 3 aliphatic heterocycles. The third-order valence-corrected chi connectivity index (χ3v) is 6.93. The minimum Gasteiger partial charge on any atom is -0.375 e. The summed E-state index contributed by atoms with van der Waals surface area (Å²) in [6.45, 7) is 16.1. The van der Waals surface area contributed by atoms with Gasteiger partial charge in [0.1, 0.15) is 6.10 Å². The number of hydrogen-bond acceptors (Lipinski definition) is 5. The van der Waals surface area contributed by atoms with Gasteiger partial charge in [0.2, 0.25) is 0 Å². The highest BCUT2D eigenvalue weighted by molar-refractivity contribution is 5.80. The van der Waals surface area contributed by atoms with E-state index >= 15 is 0 Å². The minimum atomic E-state index is 0.143. The van der Waals surface area contributed by atoms with Crippen LogP contribution in [0.4, 0.5) is 0 Å². The normalized spacial score (nSPS) is 25.9. The van der Waals surface area contributed by atoms with Crippen molar-refractivity contribution in [3.63, 3.8) is 0 Å². The Morgan fingerprint density at radius 3 is 2.44 bits per heavy atom. The van der Waals surface area contributed by atoms with Gasteiger partial charge in [0.25, 0.3) is 0 Å². The number of aliphatic imine (C=N–C) groups is 1. The molecule has 178 valence electrons. The Balaban J connectivity index is 1.40. The standard InChI is InChI=1S/C25H41N5O2/c1-3-26-25(30-15-17-32-24(20-30)23-10-7-16-31-23)27-18-21-8-5-6-9-22(21)19-29-13-11-28(4-2)12-14-29/h5-6,8-9,23-24H,3-4,7,10-20H2,1-2H3,(H,26,27). The number of hydrogen-bond donors (Lipinski definition) is 1. The van der Waals surface area contributed by atoms with Gasteiger partial charge in [-0.25, -0.2) is 4.99 Å². The number of nitrogens with zero attached hydrogens (tertiary/aromatic N) is 4. The van der Waals surface area contributed by atoms with E-state index in [0.717, 1.165) is 77.8 Å². The van der Waals surface area contributed by atoms with E-state index in [9.17, 15) is 0 Å². The third-order valence-electron chi connectivity index (χ3n) is 6.93. The van der Waals surface area contributed by atoms with Gasteiger partial charge in [0, 0.05) is 59.0 Å². The van der Waals surface area contributed by atoms with Gasteiger partial charge in [-0.3, -0.25) is 4.90 Å². The largest absolute Gasteiger partial charge is 0.375 e. The van der Waals surface area contributed by atoms with Crippen LogP contribution in [0.25, 0.3) is 0 Å². The van der Waals surface area contributed by atoms with Gasteiger partial charge in [0.05, 0.1) is 19.3 Å². The summed E-state index contributed by atoms with van der Waals surface area (Å²) in [5, 5.41) is 3.51. The van der Waals surface area contributed by atoms with Gasteiger partial charge in [0.15, 0.2) is 5.96 Å². The molecule has 7 heteroatoms. The maximum Gasteiger partial charge on any atom is 0.194 e. The van der Waals surface area contributed by atoms with Gasteiger partial charge in [-0.15, -0.1) is 0 Å². The molecule has 0 radical (unpaired) electrons. The molecule has 0 saturated carbocycles. The van der Waals surface area contributed by atoms with Crippen LogP contribution in [0.5, 0.6) is 0 Å². The monoisotopic (exact) mass is 443 g/mol. The van der Waals surface area contributed by atoms with Crippen molar-refractivity contribution in [3.05, 3.63) is 35.4 Å². The average molecular weight is 444 g/mol. The molecule has 1 N–H and O–H groups in total. The molecule has 0 aromatic heterocycles. The number of guanidine groups is 1. The highest BCUT2D eigenvalue weighted by Gasteiger charge is 2.32. The molecule has 32 heavy (non-hydrogen) atoms. The number of nitrogens with one attached hydrogen (secondary N) is 1. The van der Waals surface area contributed by atoms with Crippen LogP contribution in [0.15, 0.2) is 29.3 Å². The zero-order chi connectivity index (χ0) is 22.2. The first-order valence-electron chi connectivity index (χ1n) is 12.5. The molecule has 3 saturated heterocycles. The molecule has 2 unspecified atom stereocenters. The summed E-state index contributed by atoms with van der Waals surface area (Å²) in [5.41, 5.74) is 2.72. The van der Waals surface area contributed by atoms with Crippen LogP contribution in [0.2, 0.25) is 0 Å². The smallest absolute Gasteiger partial charge is 0.194 e. The fourth-order valence-electron chi connectivity index (χ4n) is 4.94. The second kappa shape index (κ2) is 12.0. The molecule has 7 nitrogen and oxygen atoms in total. The van der Waals surface area contributed by atoms with Crippen molar-refractivity contribution in [1.82, 2.24) is 20.0 Å². The molecule has 0 spiro atoms. The minimum absolute atomic E-state index is 0.143. The maximum atomic E-state index is 6.04. The third kappa shape index (κ3) is 6.22. The number of ether oxygens (including phenoxy) is 2. The second-order valence-corrected chi connectivity index (χ2v) is 9.06. The van der Waals surface area contributed by atoms with Crippen molar-refractivity contribution in [3.8, 4) is 0 Å². The first-order chi connectivity index (χ1) is 15.8. The maximum absolute atomic E-state index is 6.04. The SMILES string of the molecule is CCNC(=NCc1ccccc1CN1CCN(CC)CC1)N1CCOC(C2CCCO2)C1. The van der Waals surface area contributed by atoms with Gasteiger partial charge in [-0.1, -0.05) is 31.2 Å². The van der Waals surface area contributed by atoms with E-state index in [0.29, 0.717) is 6.54 Å². The Morgan fingerprint density at radius 2 is 1.72 bits per heavy atom. The molecule has 3 fully saturated rings. The van der Waals surface area contributed by atoms with Gasteiger partial charge < -0.3 is 24.6 Å². The zero-order valence-corrected chi connectivity index (χ0v) is 20.0. The van der Waals surface area contributed by atoms with Crippen LogP contribution in [0, 0.1) is 0 Å². The molecular weight excluding hydrogens is 402 g/mol. The first-order valence-corrected chi connectivity index (χ1v) is 12.5. The van der Waals surface area contributed by atoms with E-state index < -0.39 is 0 Å². The molecule has 0 amide bonds. The fraction of sp³-hybridized carbons (Fsp3) is 0.720. The highest BCUT2D eigenvalue weighted by Crippen LogP contribution is 2.21. The molecule has 0 bridgehead atoms. The van der Waals surface area contributed by atoms with E-state index in [-0.39, 0.29) is 12.2 Å². The molecule has 3 aliphatic rings. The van der Waals surface area contributed by atoms with Gasteiger partial charge >= 0.3 is 0 Å². The lowest BCUT2D eigenvalue weighted by Gasteiger charge is -2.37. The fourth-order valence-corrected chi connectivity index (χ4v) is 4.94. The Morgan fingerprint density at radius 1 is 0.969 bits per heavy atom. The lowest BCUT2D eigenvalue weighted by Crippen LogP contribution is -2.53. The summed E-state index contributed by atoms with van der Waals surface area (Å²) in [6, 6.07) is 8.80. The van der Waals surface area contributed by atoms with Crippen LogP contribution in [-0.4, -0.2) is 98.4 Å². The Labute approximate surface area is 193 Å². The van der Waals surface area contributed by atoms with E-state index in [1.54, 1.807) is 0 Å². The Kier molecular flexibility index (Phi) is 8.79.